The third-order valence-electron chi connectivity index (χ3n) is 17.8. The van der Waals surface area contributed by atoms with E-state index < -0.39 is 17.9 Å². The van der Waals surface area contributed by atoms with Gasteiger partial charge in [0.05, 0.1) is 78.2 Å². The fraction of sp³-hybridized carbons (Fsp3) is 0.159. The number of hydrogen-bond acceptors (Lipinski definition) is 16. The van der Waals surface area contributed by atoms with E-state index in [1.54, 1.807) is 0 Å². The molecule has 0 fully saturated rings. The molecule has 3 N–H and O–H groups in total. The summed E-state index contributed by atoms with van der Waals surface area (Å²) < 4.78 is 37.4. The molecule has 0 spiro atoms. The van der Waals surface area contributed by atoms with Crippen molar-refractivity contribution in [2.45, 2.75) is 72.1 Å². The Morgan fingerprint density at radius 1 is 0.364 bits per heavy atom. The van der Waals surface area contributed by atoms with Gasteiger partial charge in [0.15, 0.2) is 5.69 Å². The van der Waals surface area contributed by atoms with Gasteiger partial charge in [-0.05, 0) is 165 Å². The lowest BCUT2D eigenvalue weighted by atomic mass is 10.0. The van der Waals surface area contributed by atoms with E-state index in [0.717, 1.165) is 102 Å². The highest BCUT2D eigenvalue weighted by molar-refractivity contribution is 5.86. The van der Waals surface area contributed by atoms with Gasteiger partial charge in [-0.15, -0.1) is 5.10 Å². The lowest BCUT2D eigenvalue weighted by Gasteiger charge is -2.08. The summed E-state index contributed by atoms with van der Waals surface area (Å²) in [5.74, 6) is 3.50. The molecule has 0 saturated carbocycles. The van der Waals surface area contributed by atoms with Gasteiger partial charge in [-0.3, -0.25) is 9.59 Å². The molecule has 15 aromatic rings. The number of rotatable bonds is 29. The van der Waals surface area contributed by atoms with Crippen molar-refractivity contribution in [2.75, 3.05) is 19.8 Å². The van der Waals surface area contributed by atoms with Crippen LogP contribution < -0.4 is 14.2 Å². The van der Waals surface area contributed by atoms with Crippen LogP contribution in [0.2, 0.25) is 0 Å². The number of ether oxygens (including phenoxy) is 3. The number of hydrogen-bond donors (Lipinski definition) is 3. The van der Waals surface area contributed by atoms with Crippen molar-refractivity contribution in [3.8, 4) is 79.8 Å². The average molecular weight is 1470 g/mol. The van der Waals surface area contributed by atoms with Crippen LogP contribution in [0, 0.1) is 20.8 Å². The largest absolute Gasteiger partial charge is 0.493 e. The maximum Gasteiger partial charge on any atom is 0.358 e. The Kier molecular flexibility index (Phi) is 24.2. The van der Waals surface area contributed by atoms with Crippen molar-refractivity contribution in [2.24, 2.45) is 0 Å². The van der Waals surface area contributed by atoms with Gasteiger partial charge < -0.3 is 47.3 Å². The monoisotopic (exact) mass is 1470 g/mol. The summed E-state index contributed by atoms with van der Waals surface area (Å²) in [6.07, 6.45) is 6.98. The predicted molar refractivity (Wildman–Crippen MR) is 414 cm³/mol. The number of para-hydroxylation sites is 3. The smallest absolute Gasteiger partial charge is 0.358 e. The molecule has 0 amide bonds. The highest BCUT2D eigenvalue weighted by Crippen LogP contribution is 2.32. The molecule has 0 radical (unpaired) electrons. The van der Waals surface area contributed by atoms with Crippen LogP contribution in [0.15, 0.2) is 280 Å². The molecule has 552 valence electrons. The molecule has 0 unspecified atom stereocenters. The first-order valence-electron chi connectivity index (χ1n) is 35.9. The molecule has 15 rings (SSSR count). The van der Waals surface area contributed by atoms with Crippen molar-refractivity contribution in [3.05, 3.63) is 341 Å². The predicted octanol–water partition coefficient (Wildman–Crippen LogP) is 16.8. The van der Waals surface area contributed by atoms with Crippen LogP contribution in [0.4, 0.5) is 0 Å². The molecule has 0 atom stereocenters. The quantitative estimate of drug-likeness (QED) is 0.0393. The Labute approximate surface area is 634 Å². The molecule has 0 saturated heterocycles. The summed E-state index contributed by atoms with van der Waals surface area (Å²) >= 11 is 0. The number of carboxylic acids is 3. The number of aromatic carboxylic acids is 1. The molecule has 0 aliphatic rings. The highest BCUT2D eigenvalue weighted by atomic mass is 16.5. The van der Waals surface area contributed by atoms with Gasteiger partial charge in [-0.2, -0.15) is 24.9 Å². The minimum absolute atomic E-state index is 0.0332. The van der Waals surface area contributed by atoms with Gasteiger partial charge in [0.2, 0.25) is 17.7 Å². The zero-order chi connectivity index (χ0) is 76.1. The molecule has 6 heterocycles. The van der Waals surface area contributed by atoms with E-state index in [1.807, 2.05) is 293 Å². The molecule has 22 nitrogen and oxygen atoms in total. The van der Waals surface area contributed by atoms with Gasteiger partial charge in [0, 0.05) is 66.0 Å². The lowest BCUT2D eigenvalue weighted by Crippen LogP contribution is -2.04. The number of oxazole rings is 3. The maximum absolute atomic E-state index is 11.7. The van der Waals surface area contributed by atoms with Crippen molar-refractivity contribution in [3.63, 3.8) is 0 Å². The summed E-state index contributed by atoms with van der Waals surface area (Å²) in [7, 11) is 0. The Morgan fingerprint density at radius 3 is 1.26 bits per heavy atom. The third-order valence-corrected chi connectivity index (χ3v) is 17.8. The van der Waals surface area contributed by atoms with Crippen molar-refractivity contribution in [1.29, 1.82) is 0 Å². The molecule has 110 heavy (non-hydrogen) atoms. The average Bonchev–Trinajstić information content (AvgIpc) is 1.64. The van der Waals surface area contributed by atoms with E-state index in [1.165, 1.54) is 9.59 Å². The van der Waals surface area contributed by atoms with Gasteiger partial charge in [0.25, 0.3) is 0 Å². The summed E-state index contributed by atoms with van der Waals surface area (Å²) in [6.45, 7) is 7.11. The Balaban J connectivity index is 0.000000145. The molecule has 0 bridgehead atoms. The SMILES string of the molecule is Cc1oc(-c2ccccc2)nc1CCOc1ccc(Cc2nn(-c3ccccc3)nc2CC(=O)O)cc1.Cc1oc(-c2ccccc2)nc1CCOc1cccc(-c2cn(-c3ccccc3)cc2CC(=O)O)c1.Cc1oc(-c2ccccc2)nc1CCOc1cccc(CCc2nn(-c3ccccc3)nc2C(=O)O)c1. The minimum Gasteiger partial charge on any atom is -0.493 e. The minimum atomic E-state index is -1.09. The van der Waals surface area contributed by atoms with Crippen molar-refractivity contribution < 1.29 is 57.2 Å². The molecule has 0 aliphatic heterocycles. The number of carboxylic acid groups (broad SMARTS) is 3. The second-order valence-electron chi connectivity index (χ2n) is 25.7. The molecule has 9 aromatic carbocycles. The number of aryl methyl sites for hydroxylation is 5. The van der Waals surface area contributed by atoms with E-state index in [-0.39, 0.29) is 18.5 Å². The van der Waals surface area contributed by atoms with E-state index in [9.17, 15) is 29.7 Å². The first-order chi connectivity index (χ1) is 53.7. The summed E-state index contributed by atoms with van der Waals surface area (Å²) in [5.41, 5.74) is 13.9. The maximum atomic E-state index is 11.7. The van der Waals surface area contributed by atoms with Crippen molar-refractivity contribution >= 4 is 17.9 Å². The van der Waals surface area contributed by atoms with Crippen LogP contribution in [-0.4, -0.2) is 103 Å². The fourth-order valence-electron chi connectivity index (χ4n) is 12.2. The standard InChI is InChI=1S/C30H26N2O4.2C29H26N4O4/c1-21-28(31-30(36-21)22-9-4-2-5-10-22)15-16-35-26-14-8-11-23(17-26)27-20-32(19-24(27)18-29(33)34)25-12-6-3-7-13-25;1-20-25(30-28(37-20)22-10-4-2-5-11-22)17-18-36-24-14-8-9-21(19-24)15-16-26-27(29(34)35)32-33(31-26)23-12-6-3-7-13-23;1-20-25(30-29(37-20)22-8-4-2-5-9-22)16-17-36-24-14-12-21(13-15-24)18-26-27(19-28(34)35)32-33(31-26)23-10-6-3-7-11-23/h2-14,17,19-20H,15-16,18H2,1H3,(H,33,34);2-14,19H,15-18H2,1H3,(H,34,35);2-15H,16-19H2,1H3,(H,34,35). The Hall–Kier alpha value is -14.0. The second-order valence-corrected chi connectivity index (χ2v) is 25.7. The van der Waals surface area contributed by atoms with Crippen LogP contribution in [0.3, 0.4) is 0 Å². The number of aromatic nitrogens is 10. The topological polar surface area (TPSA) is 284 Å². The highest BCUT2D eigenvalue weighted by Gasteiger charge is 2.22. The van der Waals surface area contributed by atoms with E-state index in [4.69, 9.17) is 27.5 Å². The molecule has 22 heteroatoms. The van der Waals surface area contributed by atoms with E-state index in [2.05, 4.69) is 35.3 Å². The zero-order valence-corrected chi connectivity index (χ0v) is 60.7. The summed E-state index contributed by atoms with van der Waals surface area (Å²) in [4.78, 5) is 51.3. The number of benzene rings is 9. The van der Waals surface area contributed by atoms with Gasteiger partial charge in [0.1, 0.15) is 34.5 Å². The van der Waals surface area contributed by atoms with Crippen LogP contribution >= 0.6 is 0 Å². The number of aliphatic carboxylic acids is 2. The molecule has 0 aliphatic carbocycles. The summed E-state index contributed by atoms with van der Waals surface area (Å²) in [5, 5.41) is 45.9. The van der Waals surface area contributed by atoms with Gasteiger partial charge in [-0.1, -0.05) is 146 Å². The van der Waals surface area contributed by atoms with E-state index >= 15 is 0 Å². The molecular formula is C88H78N10O12. The third kappa shape index (κ3) is 19.7. The van der Waals surface area contributed by atoms with Crippen molar-refractivity contribution in [1.82, 2.24) is 49.5 Å². The van der Waals surface area contributed by atoms with Crippen LogP contribution in [0.25, 0.3) is 62.6 Å². The number of carbonyl (C=O) groups is 3. The van der Waals surface area contributed by atoms with E-state index in [0.29, 0.717) is 105 Å². The Morgan fingerprint density at radius 2 is 0.782 bits per heavy atom. The van der Waals surface area contributed by atoms with Crippen LogP contribution in [-0.2, 0) is 61.0 Å². The number of nitrogens with zero attached hydrogens (tertiary/aromatic N) is 10. The first-order valence-corrected chi connectivity index (χ1v) is 35.9. The molecule has 6 aromatic heterocycles. The second kappa shape index (κ2) is 35.8. The normalized spacial score (nSPS) is 10.9. The summed E-state index contributed by atoms with van der Waals surface area (Å²) in [6, 6.07) is 81.3. The van der Waals surface area contributed by atoms with Gasteiger partial charge in [-0.25, -0.2) is 19.7 Å². The fourth-order valence-corrected chi connectivity index (χ4v) is 12.2. The lowest BCUT2D eigenvalue weighted by molar-refractivity contribution is -0.137. The first kappa shape index (κ1) is 74.3. The zero-order valence-electron chi connectivity index (χ0n) is 60.7. The Bertz CT molecular complexity index is 5530. The van der Waals surface area contributed by atoms with Crippen LogP contribution in [0.1, 0.15) is 78.6 Å². The van der Waals surface area contributed by atoms with Crippen LogP contribution in [0.5, 0.6) is 17.2 Å². The van der Waals surface area contributed by atoms with Gasteiger partial charge >= 0.3 is 17.9 Å². The molecular weight excluding hydrogens is 1390 g/mol.